The summed E-state index contributed by atoms with van der Waals surface area (Å²) in [5, 5.41) is 0. The molecule has 2 N–H and O–H groups in total. The molecule has 5 heteroatoms. The minimum Gasteiger partial charge on any atom is -0.457 e. The molecule has 0 saturated heterocycles. The van der Waals surface area contributed by atoms with E-state index in [-0.39, 0.29) is 0 Å². The van der Waals surface area contributed by atoms with E-state index in [1.807, 2.05) is 121 Å². The molecule has 5 nitrogen and oxygen atoms in total. The van der Waals surface area contributed by atoms with Crippen molar-refractivity contribution in [2.45, 2.75) is 0 Å². The molecule has 0 heterocycles. The summed E-state index contributed by atoms with van der Waals surface area (Å²) < 4.78 is 24.0. The van der Waals surface area contributed by atoms with Gasteiger partial charge in [0.25, 0.3) is 0 Å². The summed E-state index contributed by atoms with van der Waals surface area (Å²) in [6.07, 6.45) is 0. The van der Waals surface area contributed by atoms with Crippen LogP contribution < -0.4 is 24.7 Å². The van der Waals surface area contributed by atoms with Crippen molar-refractivity contribution < 1.29 is 18.9 Å². The first-order chi connectivity index (χ1) is 17.2. The van der Waals surface area contributed by atoms with E-state index in [1.54, 1.807) is 6.07 Å². The van der Waals surface area contributed by atoms with Gasteiger partial charge in [-0.15, -0.1) is 0 Å². The molecule has 0 radical (unpaired) electrons. The fourth-order valence-electron chi connectivity index (χ4n) is 3.39. The second kappa shape index (κ2) is 10.4. The first-order valence-corrected chi connectivity index (χ1v) is 11.1. The molecule has 35 heavy (non-hydrogen) atoms. The number of benzene rings is 5. The highest BCUT2D eigenvalue weighted by molar-refractivity contribution is 5.48. The van der Waals surface area contributed by atoms with Gasteiger partial charge in [0.1, 0.15) is 34.5 Å². The zero-order chi connectivity index (χ0) is 23.9. The number of nitrogen functional groups attached to an aromatic ring is 1. The maximum Gasteiger partial charge on any atom is 0.169 e. The van der Waals surface area contributed by atoms with Crippen molar-refractivity contribution in [1.82, 2.24) is 0 Å². The van der Waals surface area contributed by atoms with E-state index < -0.39 is 0 Å². The van der Waals surface area contributed by atoms with Crippen LogP contribution in [0.4, 0.5) is 5.69 Å². The van der Waals surface area contributed by atoms with E-state index in [0.717, 1.165) is 11.5 Å². The molecule has 0 fully saturated rings. The summed E-state index contributed by atoms with van der Waals surface area (Å²) in [6.45, 7) is 0. The number of para-hydroxylation sites is 3. The molecule has 0 atom stereocenters. The first-order valence-electron chi connectivity index (χ1n) is 11.1. The molecule has 0 aliphatic rings. The lowest BCUT2D eigenvalue weighted by atomic mass is 10.3. The van der Waals surface area contributed by atoms with E-state index in [9.17, 15) is 0 Å². The SMILES string of the molecule is Nc1cccc(Oc2cccc(Oc3ccccc3Oc3ccc(Oc4ccccc4)cc3)c2)c1. The summed E-state index contributed by atoms with van der Waals surface area (Å²) in [6, 6.07) is 39.3. The molecule has 0 aliphatic heterocycles. The highest BCUT2D eigenvalue weighted by Crippen LogP contribution is 2.36. The van der Waals surface area contributed by atoms with E-state index in [1.165, 1.54) is 0 Å². The zero-order valence-corrected chi connectivity index (χ0v) is 18.8. The van der Waals surface area contributed by atoms with Crippen molar-refractivity contribution in [1.29, 1.82) is 0 Å². The van der Waals surface area contributed by atoms with Gasteiger partial charge in [-0.2, -0.15) is 0 Å². The third-order valence-corrected chi connectivity index (χ3v) is 5.01. The van der Waals surface area contributed by atoms with Crippen LogP contribution in [0.2, 0.25) is 0 Å². The summed E-state index contributed by atoms with van der Waals surface area (Å²) >= 11 is 0. The summed E-state index contributed by atoms with van der Waals surface area (Å²) in [7, 11) is 0. The predicted molar refractivity (Wildman–Crippen MR) is 137 cm³/mol. The largest absolute Gasteiger partial charge is 0.457 e. The average molecular weight is 462 g/mol. The van der Waals surface area contributed by atoms with Crippen LogP contribution in [0.25, 0.3) is 0 Å². The van der Waals surface area contributed by atoms with Gasteiger partial charge in [-0.1, -0.05) is 42.5 Å². The molecule has 0 amide bonds. The molecule has 172 valence electrons. The topological polar surface area (TPSA) is 62.9 Å². The van der Waals surface area contributed by atoms with Gasteiger partial charge in [0, 0.05) is 17.8 Å². The van der Waals surface area contributed by atoms with Crippen LogP contribution in [-0.2, 0) is 0 Å². The Bertz CT molecular complexity index is 1400. The lowest BCUT2D eigenvalue weighted by molar-refractivity contribution is 0.414. The van der Waals surface area contributed by atoms with E-state index in [4.69, 9.17) is 24.7 Å². The zero-order valence-electron chi connectivity index (χ0n) is 18.8. The van der Waals surface area contributed by atoms with E-state index in [0.29, 0.717) is 40.2 Å². The Balaban J connectivity index is 1.28. The quantitative estimate of drug-likeness (QED) is 0.235. The maximum atomic E-state index is 6.13. The molecule has 0 bridgehead atoms. The fourth-order valence-corrected chi connectivity index (χ4v) is 3.39. The third-order valence-electron chi connectivity index (χ3n) is 5.01. The van der Waals surface area contributed by atoms with Crippen LogP contribution >= 0.6 is 0 Å². The van der Waals surface area contributed by atoms with Gasteiger partial charge in [-0.25, -0.2) is 0 Å². The fraction of sp³-hybridized carbons (Fsp3) is 0. The Morgan fingerprint density at radius 3 is 1.43 bits per heavy atom. The van der Waals surface area contributed by atoms with Gasteiger partial charge in [-0.3, -0.25) is 0 Å². The number of hydrogen-bond acceptors (Lipinski definition) is 5. The van der Waals surface area contributed by atoms with Crippen molar-refractivity contribution >= 4 is 5.69 Å². The Kier molecular flexibility index (Phi) is 6.49. The van der Waals surface area contributed by atoms with Crippen LogP contribution in [0.3, 0.4) is 0 Å². The average Bonchev–Trinajstić information content (AvgIpc) is 2.87. The van der Waals surface area contributed by atoms with Crippen molar-refractivity contribution in [2.75, 3.05) is 5.73 Å². The summed E-state index contributed by atoms with van der Waals surface area (Å²) in [5.41, 5.74) is 6.48. The van der Waals surface area contributed by atoms with Gasteiger partial charge < -0.3 is 24.7 Å². The van der Waals surface area contributed by atoms with E-state index >= 15 is 0 Å². The molecule has 0 aromatic heterocycles. The van der Waals surface area contributed by atoms with Crippen molar-refractivity contribution in [3.8, 4) is 46.0 Å². The van der Waals surface area contributed by atoms with Crippen LogP contribution in [0.1, 0.15) is 0 Å². The lowest BCUT2D eigenvalue weighted by Crippen LogP contribution is -1.92. The summed E-state index contributed by atoms with van der Waals surface area (Å²) in [4.78, 5) is 0. The smallest absolute Gasteiger partial charge is 0.169 e. The highest BCUT2D eigenvalue weighted by atomic mass is 16.5. The standard InChI is InChI=1S/C30H23NO4/c31-22-8-6-11-26(20-22)33-27-12-7-13-28(21-27)35-30-15-5-4-14-29(30)34-25-18-16-24(17-19-25)32-23-9-2-1-3-10-23/h1-21H,31H2. The second-order valence-corrected chi connectivity index (χ2v) is 7.69. The Morgan fingerprint density at radius 1 is 0.343 bits per heavy atom. The van der Waals surface area contributed by atoms with Crippen molar-refractivity contribution in [3.63, 3.8) is 0 Å². The Hall–Kier alpha value is -4.90. The number of anilines is 1. The van der Waals surface area contributed by atoms with Crippen LogP contribution in [0, 0.1) is 0 Å². The van der Waals surface area contributed by atoms with Gasteiger partial charge in [0.05, 0.1) is 0 Å². The number of rotatable bonds is 8. The summed E-state index contributed by atoms with van der Waals surface area (Å²) in [5.74, 6) is 5.26. The van der Waals surface area contributed by atoms with Crippen LogP contribution in [0.15, 0.2) is 127 Å². The first kappa shape index (κ1) is 21.9. The molecule has 0 spiro atoms. The predicted octanol–water partition coefficient (Wildman–Crippen LogP) is 8.44. The van der Waals surface area contributed by atoms with Crippen LogP contribution in [-0.4, -0.2) is 0 Å². The van der Waals surface area contributed by atoms with Crippen molar-refractivity contribution in [3.05, 3.63) is 127 Å². The highest BCUT2D eigenvalue weighted by Gasteiger charge is 2.09. The molecule has 0 aliphatic carbocycles. The third kappa shape index (κ3) is 5.92. The molecule has 5 aromatic carbocycles. The Labute approximate surface area is 203 Å². The minimum atomic E-state index is 0.582. The lowest BCUT2D eigenvalue weighted by Gasteiger charge is -2.13. The number of hydrogen-bond donors (Lipinski definition) is 1. The van der Waals surface area contributed by atoms with Gasteiger partial charge in [-0.05, 0) is 72.8 Å². The Morgan fingerprint density at radius 2 is 0.771 bits per heavy atom. The number of nitrogens with two attached hydrogens (primary N) is 1. The van der Waals surface area contributed by atoms with Gasteiger partial charge >= 0.3 is 0 Å². The monoisotopic (exact) mass is 461 g/mol. The minimum absolute atomic E-state index is 0.582. The van der Waals surface area contributed by atoms with Crippen LogP contribution in [0.5, 0.6) is 46.0 Å². The molecule has 5 aromatic rings. The molecule has 0 saturated carbocycles. The molecular formula is C30H23NO4. The molecule has 0 unspecified atom stereocenters. The normalized spacial score (nSPS) is 10.4. The second-order valence-electron chi connectivity index (χ2n) is 7.69. The van der Waals surface area contributed by atoms with Crippen molar-refractivity contribution in [2.24, 2.45) is 0 Å². The maximum absolute atomic E-state index is 6.13. The molecular weight excluding hydrogens is 438 g/mol. The molecule has 5 rings (SSSR count). The van der Waals surface area contributed by atoms with Gasteiger partial charge in [0.15, 0.2) is 11.5 Å². The number of ether oxygens (including phenoxy) is 4. The van der Waals surface area contributed by atoms with E-state index in [2.05, 4.69) is 0 Å². The van der Waals surface area contributed by atoms with Gasteiger partial charge in [0.2, 0.25) is 0 Å².